The minimum Gasteiger partial charge on any atom is -0.267 e. The topological polar surface area (TPSA) is 47.2 Å². The number of benzene rings is 3. The first-order chi connectivity index (χ1) is 12.3. The highest BCUT2D eigenvalue weighted by atomic mass is 16.1. The summed E-state index contributed by atoms with van der Waals surface area (Å²) in [6.07, 6.45) is 3.10. The van der Waals surface area contributed by atoms with E-state index >= 15 is 0 Å². The Kier molecular flexibility index (Phi) is 3.92. The molecule has 0 bridgehead atoms. The maximum atomic E-state index is 12.4. The van der Waals surface area contributed by atoms with E-state index in [0.29, 0.717) is 10.9 Å². The van der Waals surface area contributed by atoms with Crippen molar-refractivity contribution in [3.05, 3.63) is 101 Å². The number of nitrogens with zero attached hydrogens (tertiary/aromatic N) is 3. The molecule has 0 aliphatic rings. The lowest BCUT2D eigenvalue weighted by molar-refractivity contribution is 0.817. The van der Waals surface area contributed by atoms with Gasteiger partial charge < -0.3 is 0 Å². The summed E-state index contributed by atoms with van der Waals surface area (Å²) in [5, 5.41) is 4.80. The molecule has 0 unspecified atom stereocenters. The van der Waals surface area contributed by atoms with E-state index in [4.69, 9.17) is 0 Å². The van der Waals surface area contributed by atoms with Gasteiger partial charge in [0.05, 0.1) is 17.1 Å². The Bertz CT molecular complexity index is 1100. The standard InChI is InChI=1S/C21H15N3O/c25-21-19-8-4-5-9-20(19)22-15-24(21)23-14-16-10-12-18(13-11-16)17-6-2-1-3-7-17/h1-15H/b23-14-. The molecular formula is C21H15N3O. The van der Waals surface area contributed by atoms with E-state index in [1.165, 1.54) is 16.6 Å². The Morgan fingerprint density at radius 1 is 0.800 bits per heavy atom. The number of aromatic nitrogens is 2. The Labute approximate surface area is 144 Å². The van der Waals surface area contributed by atoms with Gasteiger partial charge in [-0.2, -0.15) is 9.78 Å². The molecule has 1 heterocycles. The predicted molar refractivity (Wildman–Crippen MR) is 101 cm³/mol. The van der Waals surface area contributed by atoms with E-state index in [1.807, 2.05) is 60.7 Å². The van der Waals surface area contributed by atoms with Crippen molar-refractivity contribution in [3.8, 4) is 11.1 Å². The van der Waals surface area contributed by atoms with Crippen LogP contribution in [0.1, 0.15) is 5.56 Å². The smallest absolute Gasteiger partial charge is 0.267 e. The van der Waals surface area contributed by atoms with Crippen LogP contribution < -0.4 is 5.56 Å². The summed E-state index contributed by atoms with van der Waals surface area (Å²) < 4.78 is 1.26. The molecule has 0 saturated heterocycles. The Balaban J connectivity index is 1.62. The van der Waals surface area contributed by atoms with Gasteiger partial charge in [0, 0.05) is 0 Å². The van der Waals surface area contributed by atoms with Crippen molar-refractivity contribution < 1.29 is 0 Å². The van der Waals surface area contributed by atoms with Crippen LogP contribution in [0.3, 0.4) is 0 Å². The second-order valence-electron chi connectivity index (χ2n) is 5.64. The summed E-state index contributed by atoms with van der Waals surface area (Å²) in [6, 6.07) is 25.5. The normalized spacial score (nSPS) is 11.2. The van der Waals surface area contributed by atoms with Gasteiger partial charge in [-0.1, -0.05) is 66.7 Å². The number of hydrogen-bond donors (Lipinski definition) is 0. The van der Waals surface area contributed by atoms with Gasteiger partial charge in [0.15, 0.2) is 0 Å². The van der Waals surface area contributed by atoms with Crippen LogP contribution in [0.2, 0.25) is 0 Å². The van der Waals surface area contributed by atoms with Crippen LogP contribution in [0.25, 0.3) is 22.0 Å². The summed E-state index contributed by atoms with van der Waals surface area (Å²) in [5.74, 6) is 0. The summed E-state index contributed by atoms with van der Waals surface area (Å²) in [4.78, 5) is 16.7. The third-order valence-electron chi connectivity index (χ3n) is 4.00. The van der Waals surface area contributed by atoms with Crippen molar-refractivity contribution in [2.24, 2.45) is 5.10 Å². The lowest BCUT2D eigenvalue weighted by atomic mass is 10.0. The van der Waals surface area contributed by atoms with Crippen molar-refractivity contribution in [2.75, 3.05) is 0 Å². The van der Waals surface area contributed by atoms with Gasteiger partial charge in [-0.25, -0.2) is 4.98 Å². The summed E-state index contributed by atoms with van der Waals surface area (Å²) >= 11 is 0. The largest absolute Gasteiger partial charge is 0.281 e. The van der Waals surface area contributed by atoms with Crippen LogP contribution >= 0.6 is 0 Å². The van der Waals surface area contributed by atoms with Crippen LogP contribution in [0.5, 0.6) is 0 Å². The first-order valence-electron chi connectivity index (χ1n) is 7.97. The number of hydrogen-bond acceptors (Lipinski definition) is 3. The first kappa shape index (κ1) is 15.0. The molecule has 0 fully saturated rings. The molecule has 4 heteroatoms. The van der Waals surface area contributed by atoms with Crippen LogP contribution in [-0.2, 0) is 0 Å². The Hall–Kier alpha value is -3.53. The van der Waals surface area contributed by atoms with Crippen molar-refractivity contribution in [1.82, 2.24) is 9.66 Å². The van der Waals surface area contributed by atoms with E-state index in [1.54, 1.807) is 12.3 Å². The predicted octanol–water partition coefficient (Wildman–Crippen LogP) is 3.95. The molecule has 4 nitrogen and oxygen atoms in total. The molecule has 0 saturated carbocycles. The lowest BCUT2D eigenvalue weighted by Crippen LogP contribution is -2.16. The van der Waals surface area contributed by atoms with Crippen molar-refractivity contribution >= 4 is 17.1 Å². The highest BCUT2D eigenvalue weighted by Gasteiger charge is 2.01. The van der Waals surface area contributed by atoms with Gasteiger partial charge in [-0.3, -0.25) is 4.79 Å². The quantitative estimate of drug-likeness (QED) is 0.536. The van der Waals surface area contributed by atoms with Gasteiger partial charge in [0.25, 0.3) is 5.56 Å². The fourth-order valence-corrected chi connectivity index (χ4v) is 2.66. The van der Waals surface area contributed by atoms with Gasteiger partial charge in [0.2, 0.25) is 0 Å². The van der Waals surface area contributed by atoms with Crippen molar-refractivity contribution in [1.29, 1.82) is 0 Å². The molecule has 0 amide bonds. The van der Waals surface area contributed by atoms with E-state index in [0.717, 1.165) is 11.1 Å². The maximum Gasteiger partial charge on any atom is 0.281 e. The second-order valence-corrected chi connectivity index (χ2v) is 5.64. The highest BCUT2D eigenvalue weighted by Crippen LogP contribution is 2.18. The fourth-order valence-electron chi connectivity index (χ4n) is 2.66. The minimum absolute atomic E-state index is 0.178. The van der Waals surface area contributed by atoms with Gasteiger partial charge in [-0.05, 0) is 28.8 Å². The maximum absolute atomic E-state index is 12.4. The minimum atomic E-state index is -0.178. The molecule has 0 atom stereocenters. The zero-order valence-corrected chi connectivity index (χ0v) is 13.4. The van der Waals surface area contributed by atoms with Crippen LogP contribution in [-0.4, -0.2) is 15.9 Å². The van der Waals surface area contributed by atoms with Crippen LogP contribution in [0.4, 0.5) is 0 Å². The summed E-state index contributed by atoms with van der Waals surface area (Å²) in [6.45, 7) is 0. The molecule has 25 heavy (non-hydrogen) atoms. The summed E-state index contributed by atoms with van der Waals surface area (Å²) in [5.41, 5.74) is 3.72. The van der Waals surface area contributed by atoms with E-state index < -0.39 is 0 Å². The highest BCUT2D eigenvalue weighted by molar-refractivity contribution is 5.81. The average molecular weight is 325 g/mol. The molecule has 0 spiro atoms. The van der Waals surface area contributed by atoms with Gasteiger partial charge >= 0.3 is 0 Å². The first-order valence-corrected chi connectivity index (χ1v) is 7.97. The monoisotopic (exact) mass is 325 g/mol. The van der Waals surface area contributed by atoms with E-state index in [2.05, 4.69) is 22.2 Å². The second kappa shape index (κ2) is 6.53. The molecule has 4 aromatic rings. The molecule has 120 valence electrons. The Morgan fingerprint density at radius 2 is 1.48 bits per heavy atom. The lowest BCUT2D eigenvalue weighted by Gasteiger charge is -2.02. The number of rotatable bonds is 3. The summed E-state index contributed by atoms with van der Waals surface area (Å²) in [7, 11) is 0. The van der Waals surface area contributed by atoms with Gasteiger partial charge in [0.1, 0.15) is 6.33 Å². The number of para-hydroxylation sites is 1. The van der Waals surface area contributed by atoms with Crippen LogP contribution in [0, 0.1) is 0 Å². The third kappa shape index (κ3) is 3.10. The molecule has 4 rings (SSSR count). The van der Waals surface area contributed by atoms with Crippen LogP contribution in [0.15, 0.2) is 95.1 Å². The molecule has 0 aliphatic carbocycles. The molecule has 3 aromatic carbocycles. The third-order valence-corrected chi connectivity index (χ3v) is 4.00. The molecule has 0 radical (unpaired) electrons. The fraction of sp³-hybridized carbons (Fsp3) is 0. The van der Waals surface area contributed by atoms with Gasteiger partial charge in [-0.15, -0.1) is 0 Å². The SMILES string of the molecule is O=c1c2ccccc2ncn1/N=C\c1ccc(-c2ccccc2)cc1. The molecular weight excluding hydrogens is 310 g/mol. The van der Waals surface area contributed by atoms with Crippen molar-refractivity contribution in [2.45, 2.75) is 0 Å². The molecule has 0 N–H and O–H groups in total. The zero-order chi connectivity index (χ0) is 17.1. The number of fused-ring (bicyclic) bond motifs is 1. The molecule has 0 aliphatic heterocycles. The average Bonchev–Trinajstić information content (AvgIpc) is 2.69. The zero-order valence-electron chi connectivity index (χ0n) is 13.4. The van der Waals surface area contributed by atoms with E-state index in [9.17, 15) is 4.79 Å². The molecule has 1 aromatic heterocycles. The van der Waals surface area contributed by atoms with E-state index in [-0.39, 0.29) is 5.56 Å². The Morgan fingerprint density at radius 3 is 2.28 bits per heavy atom. The van der Waals surface area contributed by atoms with Crippen molar-refractivity contribution in [3.63, 3.8) is 0 Å².